The highest BCUT2D eigenvalue weighted by atomic mass is 16.4. The van der Waals surface area contributed by atoms with Crippen molar-refractivity contribution in [3.8, 4) is 22.8 Å². The smallest absolute Gasteiger partial charge is 0.407 e. The van der Waals surface area contributed by atoms with Crippen LogP contribution in [0.5, 0.6) is 0 Å². The van der Waals surface area contributed by atoms with E-state index < -0.39 is 12.0 Å². The summed E-state index contributed by atoms with van der Waals surface area (Å²) in [7, 11) is 0. The number of nitrogens with two attached hydrogens (primary N) is 1. The number of carbonyl (C=O) groups is 2. The van der Waals surface area contributed by atoms with Gasteiger partial charge >= 0.3 is 6.09 Å². The summed E-state index contributed by atoms with van der Waals surface area (Å²) in [5, 5.41) is 12.1. The maximum atomic E-state index is 13.0. The van der Waals surface area contributed by atoms with Gasteiger partial charge in [-0.3, -0.25) is 4.79 Å². The quantitative estimate of drug-likeness (QED) is 0.403. The third-order valence-electron chi connectivity index (χ3n) is 5.86. The lowest BCUT2D eigenvalue weighted by Crippen LogP contribution is -2.42. The van der Waals surface area contributed by atoms with Gasteiger partial charge in [0.1, 0.15) is 17.6 Å². The zero-order valence-electron chi connectivity index (χ0n) is 18.3. The van der Waals surface area contributed by atoms with Crippen molar-refractivity contribution in [3.05, 3.63) is 48.4 Å². The second-order valence-electron chi connectivity index (χ2n) is 8.02. The summed E-state index contributed by atoms with van der Waals surface area (Å²) >= 11 is 0. The lowest BCUT2D eigenvalue weighted by atomic mass is 10.1. The third kappa shape index (κ3) is 3.78. The second kappa shape index (κ2) is 8.46. The number of aryl methyl sites for hydroxylation is 1. The van der Waals surface area contributed by atoms with Crippen molar-refractivity contribution < 1.29 is 19.1 Å². The molecule has 12 heteroatoms. The van der Waals surface area contributed by atoms with Gasteiger partial charge in [-0.15, -0.1) is 0 Å². The zero-order chi connectivity index (χ0) is 23.8. The molecule has 4 N–H and O–H groups in total. The Hall–Kier alpha value is -4.48. The van der Waals surface area contributed by atoms with Gasteiger partial charge in [-0.25, -0.2) is 24.7 Å². The van der Waals surface area contributed by atoms with Gasteiger partial charge in [0.05, 0.1) is 12.2 Å². The molecule has 1 saturated heterocycles. The molecule has 0 aliphatic carbocycles. The molecule has 0 bridgehead atoms. The highest BCUT2D eigenvalue weighted by Crippen LogP contribution is 2.30. The molecule has 174 valence electrons. The third-order valence-corrected chi connectivity index (χ3v) is 5.86. The standard InChI is InChI=1S/C22H22N8O4/c1-12-9-25-15-5-4-13(11-30(12)15)16-17(21-24-6-8-34-21)28-19(23)18(27-16)20(31)26-10-14-3-2-7-29(14)22(32)33/h4-6,8-9,11,14H,2-3,7,10H2,1H3,(H2,23,28)(H,26,31)(H,32,33)/t14-/m1/s1. The number of pyridine rings is 1. The summed E-state index contributed by atoms with van der Waals surface area (Å²) in [6.45, 7) is 2.53. The minimum absolute atomic E-state index is 0.0624. The molecule has 1 aliphatic rings. The molecular formula is C22H22N8O4. The Morgan fingerprint density at radius 2 is 2.12 bits per heavy atom. The Kier molecular flexibility index (Phi) is 5.32. The van der Waals surface area contributed by atoms with Crippen molar-refractivity contribution in [1.82, 2.24) is 34.6 Å². The first-order valence-corrected chi connectivity index (χ1v) is 10.7. The molecule has 4 aromatic rings. The Morgan fingerprint density at radius 1 is 1.26 bits per heavy atom. The SMILES string of the molecule is Cc1cnc2ccc(-c3nc(C(=O)NC[C@H]4CCCN4C(=O)O)c(N)nc3-c3ncco3)cn12. The number of carbonyl (C=O) groups excluding carboxylic acids is 1. The molecule has 1 aliphatic heterocycles. The fraction of sp³-hybridized carbons (Fsp3) is 0.273. The van der Waals surface area contributed by atoms with E-state index in [9.17, 15) is 14.7 Å². The van der Waals surface area contributed by atoms with Crippen LogP contribution in [0.1, 0.15) is 29.0 Å². The van der Waals surface area contributed by atoms with E-state index in [2.05, 4.69) is 25.3 Å². The van der Waals surface area contributed by atoms with Crippen LogP contribution < -0.4 is 11.1 Å². The van der Waals surface area contributed by atoms with Gasteiger partial charge in [0.15, 0.2) is 17.2 Å². The highest BCUT2D eigenvalue weighted by molar-refractivity contribution is 5.97. The van der Waals surface area contributed by atoms with Gasteiger partial charge in [-0.2, -0.15) is 0 Å². The van der Waals surface area contributed by atoms with Gasteiger partial charge in [-0.05, 0) is 31.9 Å². The van der Waals surface area contributed by atoms with E-state index in [1.807, 2.05) is 29.7 Å². The zero-order valence-corrected chi connectivity index (χ0v) is 18.3. The number of hydrogen-bond donors (Lipinski definition) is 3. The molecule has 1 atom stereocenters. The number of oxazole rings is 1. The van der Waals surface area contributed by atoms with Crippen molar-refractivity contribution >= 4 is 23.5 Å². The molecule has 0 unspecified atom stereocenters. The van der Waals surface area contributed by atoms with Crippen LogP contribution in [0.3, 0.4) is 0 Å². The summed E-state index contributed by atoms with van der Waals surface area (Å²) in [6, 6.07) is 3.35. The van der Waals surface area contributed by atoms with Crippen LogP contribution in [0, 0.1) is 6.92 Å². The van der Waals surface area contributed by atoms with Crippen LogP contribution in [-0.2, 0) is 0 Å². The van der Waals surface area contributed by atoms with E-state index in [0.717, 1.165) is 17.8 Å². The molecule has 2 amide bonds. The van der Waals surface area contributed by atoms with Gasteiger partial charge in [0.25, 0.3) is 5.91 Å². The van der Waals surface area contributed by atoms with E-state index in [4.69, 9.17) is 10.2 Å². The Morgan fingerprint density at radius 3 is 2.88 bits per heavy atom. The number of nitrogen functional groups attached to an aromatic ring is 1. The fourth-order valence-corrected chi connectivity index (χ4v) is 4.14. The number of fused-ring (bicyclic) bond motifs is 1. The minimum Gasteiger partial charge on any atom is -0.465 e. The highest BCUT2D eigenvalue weighted by Gasteiger charge is 2.29. The maximum Gasteiger partial charge on any atom is 0.407 e. The summed E-state index contributed by atoms with van der Waals surface area (Å²) in [6.07, 6.45) is 6.92. The van der Waals surface area contributed by atoms with Crippen LogP contribution in [0.4, 0.5) is 10.6 Å². The summed E-state index contributed by atoms with van der Waals surface area (Å²) < 4.78 is 7.33. The summed E-state index contributed by atoms with van der Waals surface area (Å²) in [5.41, 5.74) is 9.06. The number of aromatic nitrogens is 5. The van der Waals surface area contributed by atoms with Crippen LogP contribution in [-0.4, -0.2) is 65.5 Å². The second-order valence-corrected chi connectivity index (χ2v) is 8.02. The molecule has 0 spiro atoms. The Labute approximate surface area is 193 Å². The first-order chi connectivity index (χ1) is 16.4. The first-order valence-electron chi connectivity index (χ1n) is 10.7. The van der Waals surface area contributed by atoms with Crippen LogP contribution in [0.15, 0.2) is 41.4 Å². The van der Waals surface area contributed by atoms with E-state index in [-0.39, 0.29) is 30.0 Å². The number of anilines is 1. The van der Waals surface area contributed by atoms with E-state index in [1.54, 1.807) is 6.20 Å². The molecule has 12 nitrogen and oxygen atoms in total. The van der Waals surface area contributed by atoms with Gasteiger partial charge in [0.2, 0.25) is 5.89 Å². The average Bonchev–Trinajstić information content (AvgIpc) is 3.59. The van der Waals surface area contributed by atoms with Crippen molar-refractivity contribution in [2.75, 3.05) is 18.8 Å². The molecule has 0 radical (unpaired) electrons. The number of nitrogens with zero attached hydrogens (tertiary/aromatic N) is 6. The van der Waals surface area contributed by atoms with Crippen LogP contribution in [0.25, 0.3) is 28.5 Å². The van der Waals surface area contributed by atoms with Crippen molar-refractivity contribution in [2.45, 2.75) is 25.8 Å². The van der Waals surface area contributed by atoms with Crippen molar-refractivity contribution in [2.24, 2.45) is 0 Å². The molecule has 5 heterocycles. The molecule has 1 fully saturated rings. The molecule has 4 aromatic heterocycles. The number of nitrogens with one attached hydrogen (secondary N) is 1. The molecular weight excluding hydrogens is 440 g/mol. The molecule has 5 rings (SSSR count). The van der Waals surface area contributed by atoms with Crippen LogP contribution in [0.2, 0.25) is 0 Å². The van der Waals surface area contributed by atoms with E-state index >= 15 is 0 Å². The number of likely N-dealkylation sites (tertiary alicyclic amines) is 1. The predicted octanol–water partition coefficient (Wildman–Crippen LogP) is 2.21. The predicted molar refractivity (Wildman–Crippen MR) is 121 cm³/mol. The molecule has 0 aromatic carbocycles. The lowest BCUT2D eigenvalue weighted by Gasteiger charge is -2.21. The number of rotatable bonds is 5. The number of carboxylic acid groups (broad SMARTS) is 1. The van der Waals surface area contributed by atoms with E-state index in [0.29, 0.717) is 29.9 Å². The maximum absolute atomic E-state index is 13.0. The molecule has 0 saturated carbocycles. The summed E-state index contributed by atoms with van der Waals surface area (Å²) in [4.78, 5) is 43.1. The number of amides is 2. The first kappa shape index (κ1) is 21.4. The largest absolute Gasteiger partial charge is 0.465 e. The van der Waals surface area contributed by atoms with Gasteiger partial charge in [-0.1, -0.05) is 0 Å². The minimum atomic E-state index is -1.00. The Bertz CT molecular complexity index is 1380. The number of imidazole rings is 1. The fourth-order valence-electron chi connectivity index (χ4n) is 4.14. The van der Waals surface area contributed by atoms with Crippen LogP contribution >= 0.6 is 0 Å². The monoisotopic (exact) mass is 462 g/mol. The average molecular weight is 462 g/mol. The van der Waals surface area contributed by atoms with Crippen molar-refractivity contribution in [3.63, 3.8) is 0 Å². The van der Waals surface area contributed by atoms with Crippen molar-refractivity contribution in [1.29, 1.82) is 0 Å². The summed E-state index contributed by atoms with van der Waals surface area (Å²) in [5.74, 6) is -0.412. The normalized spacial score (nSPS) is 15.7. The number of hydrogen-bond acceptors (Lipinski definition) is 8. The van der Waals surface area contributed by atoms with Gasteiger partial charge < -0.3 is 29.9 Å². The van der Waals surface area contributed by atoms with Gasteiger partial charge in [0, 0.05) is 36.7 Å². The lowest BCUT2D eigenvalue weighted by molar-refractivity contribution is 0.0930. The molecule has 34 heavy (non-hydrogen) atoms. The van der Waals surface area contributed by atoms with E-state index in [1.165, 1.54) is 17.4 Å². The topological polar surface area (TPSA) is 165 Å². The Balaban J connectivity index is 1.51.